The zero-order valence-corrected chi connectivity index (χ0v) is 12.5. The average molecular weight is 262 g/mol. The van der Waals surface area contributed by atoms with E-state index in [1.807, 2.05) is 0 Å². The number of hydrogen-bond acceptors (Lipinski definition) is 2. The van der Waals surface area contributed by atoms with Gasteiger partial charge in [0.15, 0.2) is 0 Å². The van der Waals surface area contributed by atoms with Crippen LogP contribution in [0.4, 0.5) is 0 Å². The first kappa shape index (κ1) is 14.9. The fraction of sp³-hybridized carbons (Fsp3) is 0.941. The van der Waals surface area contributed by atoms with E-state index < -0.39 is 0 Å². The van der Waals surface area contributed by atoms with Crippen LogP contribution in [0.3, 0.4) is 0 Å². The van der Waals surface area contributed by atoms with Crippen LogP contribution in [0.5, 0.6) is 0 Å². The molecule has 1 N–H and O–H groups in total. The van der Waals surface area contributed by atoms with Gasteiger partial charge in [-0.3, -0.25) is 0 Å². The van der Waals surface area contributed by atoms with E-state index in [4.69, 9.17) is 0 Å². The molecule has 0 aromatic carbocycles. The van der Waals surface area contributed by atoms with E-state index in [-0.39, 0.29) is 5.92 Å². The predicted molar refractivity (Wildman–Crippen MR) is 79.8 cm³/mol. The van der Waals surface area contributed by atoms with Crippen molar-refractivity contribution < 1.29 is 0 Å². The molecule has 0 aromatic rings. The van der Waals surface area contributed by atoms with Crippen LogP contribution in [0.2, 0.25) is 0 Å². The SMILES string of the molecule is CCCC1CCC(NC2CCCCCC2C#N)CC1. The molecule has 0 aliphatic heterocycles. The Morgan fingerprint density at radius 1 is 1.00 bits per heavy atom. The van der Waals surface area contributed by atoms with Crippen LogP contribution in [0.25, 0.3) is 0 Å². The summed E-state index contributed by atoms with van der Waals surface area (Å²) in [6, 6.07) is 3.71. The first-order valence-electron chi connectivity index (χ1n) is 8.49. The molecule has 0 aromatic heterocycles. The van der Waals surface area contributed by atoms with Gasteiger partial charge in [0.2, 0.25) is 0 Å². The van der Waals surface area contributed by atoms with Gasteiger partial charge in [-0.1, -0.05) is 39.0 Å². The Balaban J connectivity index is 1.78. The molecule has 0 saturated heterocycles. The van der Waals surface area contributed by atoms with E-state index in [2.05, 4.69) is 18.3 Å². The van der Waals surface area contributed by atoms with Crippen molar-refractivity contribution in [1.29, 1.82) is 5.26 Å². The molecule has 2 aliphatic rings. The third-order valence-corrected chi connectivity index (χ3v) is 5.18. The summed E-state index contributed by atoms with van der Waals surface area (Å²) in [4.78, 5) is 0. The number of nitriles is 1. The van der Waals surface area contributed by atoms with Gasteiger partial charge in [0, 0.05) is 12.1 Å². The van der Waals surface area contributed by atoms with Crippen LogP contribution in [-0.2, 0) is 0 Å². The molecule has 108 valence electrons. The Bertz CT molecular complexity index is 286. The molecule has 2 heteroatoms. The van der Waals surface area contributed by atoms with Gasteiger partial charge in [-0.25, -0.2) is 0 Å². The second kappa shape index (κ2) is 7.90. The molecule has 0 amide bonds. The summed E-state index contributed by atoms with van der Waals surface area (Å²) in [5, 5.41) is 13.2. The van der Waals surface area contributed by atoms with Gasteiger partial charge in [-0.15, -0.1) is 0 Å². The summed E-state index contributed by atoms with van der Waals surface area (Å²) >= 11 is 0. The van der Waals surface area contributed by atoms with E-state index in [9.17, 15) is 5.26 Å². The van der Waals surface area contributed by atoms with Crippen LogP contribution in [0, 0.1) is 23.2 Å². The Hall–Kier alpha value is -0.550. The summed E-state index contributed by atoms with van der Waals surface area (Å²) in [5.41, 5.74) is 0. The second-order valence-electron chi connectivity index (χ2n) is 6.65. The standard InChI is InChI=1S/C17H30N2/c1-2-6-14-9-11-16(12-10-14)19-17-8-5-3-4-7-15(17)13-18/h14-17,19H,2-12H2,1H3. The molecule has 0 radical (unpaired) electrons. The highest BCUT2D eigenvalue weighted by atomic mass is 15.0. The van der Waals surface area contributed by atoms with Crippen molar-refractivity contribution in [3.63, 3.8) is 0 Å². The Kier molecular flexibility index (Phi) is 6.17. The van der Waals surface area contributed by atoms with Gasteiger partial charge in [-0.05, 0) is 44.4 Å². The largest absolute Gasteiger partial charge is 0.310 e. The number of nitrogens with zero attached hydrogens (tertiary/aromatic N) is 1. The van der Waals surface area contributed by atoms with Crippen LogP contribution in [0.1, 0.15) is 77.6 Å². The summed E-state index contributed by atoms with van der Waals surface area (Å²) < 4.78 is 0. The number of nitrogens with one attached hydrogen (secondary N) is 1. The second-order valence-corrected chi connectivity index (χ2v) is 6.65. The Labute approximate surface area is 119 Å². The van der Waals surface area contributed by atoms with Gasteiger partial charge in [-0.2, -0.15) is 5.26 Å². The molecule has 19 heavy (non-hydrogen) atoms. The monoisotopic (exact) mass is 262 g/mol. The molecule has 0 spiro atoms. The Morgan fingerprint density at radius 2 is 1.74 bits per heavy atom. The van der Waals surface area contributed by atoms with Crippen molar-refractivity contribution in [2.45, 2.75) is 89.6 Å². The quantitative estimate of drug-likeness (QED) is 0.762. The number of rotatable bonds is 4. The first-order chi connectivity index (χ1) is 9.33. The zero-order chi connectivity index (χ0) is 13.5. The van der Waals surface area contributed by atoms with Gasteiger partial charge in [0.25, 0.3) is 0 Å². The first-order valence-corrected chi connectivity index (χ1v) is 8.49. The van der Waals surface area contributed by atoms with Gasteiger partial charge in [0.05, 0.1) is 12.0 Å². The van der Waals surface area contributed by atoms with E-state index in [0.717, 1.165) is 12.3 Å². The third-order valence-electron chi connectivity index (χ3n) is 5.18. The Morgan fingerprint density at radius 3 is 2.42 bits per heavy atom. The lowest BCUT2D eigenvalue weighted by atomic mass is 9.82. The minimum absolute atomic E-state index is 0.260. The molecule has 0 heterocycles. The molecule has 2 aliphatic carbocycles. The molecular formula is C17H30N2. The summed E-state index contributed by atoms with van der Waals surface area (Å²) in [6.45, 7) is 2.30. The fourth-order valence-corrected chi connectivity index (χ4v) is 3.99. The molecular weight excluding hydrogens is 232 g/mol. The highest BCUT2D eigenvalue weighted by Gasteiger charge is 2.27. The lowest BCUT2D eigenvalue weighted by Gasteiger charge is -2.33. The predicted octanol–water partition coefficient (Wildman–Crippen LogP) is 4.41. The topological polar surface area (TPSA) is 35.8 Å². The minimum atomic E-state index is 0.260. The van der Waals surface area contributed by atoms with Gasteiger partial charge >= 0.3 is 0 Å². The van der Waals surface area contributed by atoms with Crippen molar-refractivity contribution in [1.82, 2.24) is 5.32 Å². The van der Waals surface area contributed by atoms with E-state index in [0.29, 0.717) is 12.1 Å². The molecule has 2 rings (SSSR count). The molecule has 2 nitrogen and oxygen atoms in total. The third kappa shape index (κ3) is 4.49. The normalized spacial score (nSPS) is 36.4. The van der Waals surface area contributed by atoms with Crippen molar-refractivity contribution >= 4 is 0 Å². The zero-order valence-electron chi connectivity index (χ0n) is 12.5. The summed E-state index contributed by atoms with van der Waals surface area (Å²) in [6.07, 6.45) is 14.4. The van der Waals surface area contributed by atoms with Crippen molar-refractivity contribution in [3.8, 4) is 6.07 Å². The molecule has 2 unspecified atom stereocenters. The molecule has 0 bridgehead atoms. The van der Waals surface area contributed by atoms with Gasteiger partial charge < -0.3 is 5.32 Å². The van der Waals surface area contributed by atoms with Crippen molar-refractivity contribution in [3.05, 3.63) is 0 Å². The van der Waals surface area contributed by atoms with Crippen LogP contribution < -0.4 is 5.32 Å². The molecule has 2 fully saturated rings. The maximum atomic E-state index is 9.34. The van der Waals surface area contributed by atoms with E-state index in [1.54, 1.807) is 0 Å². The van der Waals surface area contributed by atoms with Crippen molar-refractivity contribution in [2.75, 3.05) is 0 Å². The lowest BCUT2D eigenvalue weighted by Crippen LogP contribution is -2.43. The van der Waals surface area contributed by atoms with Crippen LogP contribution in [0.15, 0.2) is 0 Å². The maximum Gasteiger partial charge on any atom is 0.0672 e. The van der Waals surface area contributed by atoms with Crippen LogP contribution in [-0.4, -0.2) is 12.1 Å². The maximum absolute atomic E-state index is 9.34. The summed E-state index contributed by atoms with van der Waals surface area (Å²) in [7, 11) is 0. The van der Waals surface area contributed by atoms with Crippen LogP contribution >= 0.6 is 0 Å². The molecule has 2 atom stereocenters. The van der Waals surface area contributed by atoms with Gasteiger partial charge in [0.1, 0.15) is 0 Å². The van der Waals surface area contributed by atoms with E-state index >= 15 is 0 Å². The van der Waals surface area contributed by atoms with E-state index in [1.165, 1.54) is 64.2 Å². The summed E-state index contributed by atoms with van der Waals surface area (Å²) in [5.74, 6) is 1.24. The minimum Gasteiger partial charge on any atom is -0.310 e. The number of hydrogen-bond donors (Lipinski definition) is 1. The fourth-order valence-electron chi connectivity index (χ4n) is 3.99. The smallest absolute Gasteiger partial charge is 0.0672 e. The highest BCUT2D eigenvalue weighted by molar-refractivity contribution is 4.95. The highest BCUT2D eigenvalue weighted by Crippen LogP contribution is 2.30. The van der Waals surface area contributed by atoms with Crippen molar-refractivity contribution in [2.24, 2.45) is 11.8 Å². The molecule has 2 saturated carbocycles. The lowest BCUT2D eigenvalue weighted by molar-refractivity contribution is 0.244. The average Bonchev–Trinajstić information content (AvgIpc) is 2.66.